The highest BCUT2D eigenvalue weighted by Crippen LogP contribution is 2.17. The molecule has 0 aliphatic rings. The number of benzene rings is 2. The van der Waals surface area contributed by atoms with Crippen LogP contribution in [0.1, 0.15) is 0 Å². The quantitative estimate of drug-likeness (QED) is 0.340. The Balaban J connectivity index is 1.84. The zero-order valence-electron chi connectivity index (χ0n) is 12.3. The van der Waals surface area contributed by atoms with Crippen LogP contribution in [0, 0.1) is 10.1 Å². The van der Waals surface area contributed by atoms with Crippen LogP contribution in [0.5, 0.6) is 5.75 Å². The largest absolute Gasteiger partial charge is 0.513 e. The SMILES string of the molecule is O=C(OCCS(=O)(=O)c1ccccc1)Oc1ccc([N+](=O)[O-])cc1. The first-order valence-electron chi connectivity index (χ1n) is 6.75. The first-order chi connectivity index (χ1) is 11.4. The predicted octanol–water partition coefficient (Wildman–Crippen LogP) is 2.58. The summed E-state index contributed by atoms with van der Waals surface area (Å²) in [5.41, 5.74) is -0.148. The molecule has 0 N–H and O–H groups in total. The molecule has 0 bridgehead atoms. The first kappa shape index (κ1) is 17.4. The second kappa shape index (κ2) is 7.55. The van der Waals surface area contributed by atoms with Gasteiger partial charge in [-0.15, -0.1) is 0 Å². The van der Waals surface area contributed by atoms with Gasteiger partial charge in [-0.2, -0.15) is 0 Å². The number of nitro benzene ring substituents is 1. The van der Waals surface area contributed by atoms with E-state index in [1.165, 1.54) is 36.4 Å². The van der Waals surface area contributed by atoms with Crippen molar-refractivity contribution in [2.45, 2.75) is 4.90 Å². The summed E-state index contributed by atoms with van der Waals surface area (Å²) in [6.07, 6.45) is -1.09. The lowest BCUT2D eigenvalue weighted by molar-refractivity contribution is -0.384. The topological polar surface area (TPSA) is 113 Å². The number of hydrogen-bond acceptors (Lipinski definition) is 7. The van der Waals surface area contributed by atoms with Crippen LogP contribution in [0.3, 0.4) is 0 Å². The standard InChI is InChI=1S/C15H13NO7S/c17-15(23-13-8-6-12(7-9-13)16(18)19)22-10-11-24(20,21)14-4-2-1-3-5-14/h1-9H,10-11H2. The van der Waals surface area contributed by atoms with Gasteiger partial charge in [-0.1, -0.05) is 18.2 Å². The summed E-state index contributed by atoms with van der Waals surface area (Å²) < 4.78 is 33.5. The summed E-state index contributed by atoms with van der Waals surface area (Å²) in [5.74, 6) is -0.330. The van der Waals surface area contributed by atoms with Gasteiger partial charge in [-0.05, 0) is 24.3 Å². The van der Waals surface area contributed by atoms with E-state index in [0.29, 0.717) is 0 Å². The lowest BCUT2D eigenvalue weighted by Crippen LogP contribution is -2.18. The minimum absolute atomic E-state index is 0.0523. The number of carbonyl (C=O) groups excluding carboxylic acids is 1. The lowest BCUT2D eigenvalue weighted by atomic mass is 10.3. The number of hydrogen-bond donors (Lipinski definition) is 0. The van der Waals surface area contributed by atoms with E-state index in [1.54, 1.807) is 18.2 Å². The second-order valence-corrected chi connectivity index (χ2v) is 6.69. The van der Waals surface area contributed by atoms with Crippen molar-refractivity contribution in [3.05, 3.63) is 64.7 Å². The normalized spacial score (nSPS) is 10.8. The van der Waals surface area contributed by atoms with Crippen LogP contribution in [0.4, 0.5) is 10.5 Å². The third-order valence-corrected chi connectivity index (χ3v) is 4.62. The maximum absolute atomic E-state index is 12.0. The molecule has 0 fully saturated rings. The van der Waals surface area contributed by atoms with E-state index in [1.807, 2.05) is 0 Å². The fourth-order valence-electron chi connectivity index (χ4n) is 1.74. The molecule has 0 aliphatic carbocycles. The third-order valence-electron chi connectivity index (χ3n) is 2.92. The number of nitrogens with zero attached hydrogens (tertiary/aromatic N) is 1. The van der Waals surface area contributed by atoms with Gasteiger partial charge in [0.15, 0.2) is 9.84 Å². The van der Waals surface area contributed by atoms with Crippen LogP contribution in [0.15, 0.2) is 59.5 Å². The van der Waals surface area contributed by atoms with E-state index in [9.17, 15) is 23.3 Å². The van der Waals surface area contributed by atoms with Crippen LogP contribution in [0.2, 0.25) is 0 Å². The maximum atomic E-state index is 12.0. The van der Waals surface area contributed by atoms with Gasteiger partial charge in [0.05, 0.1) is 15.6 Å². The summed E-state index contributed by atoms with van der Waals surface area (Å²) in [7, 11) is -3.55. The molecule has 0 radical (unpaired) electrons. The second-order valence-electron chi connectivity index (χ2n) is 4.58. The maximum Gasteiger partial charge on any atom is 0.513 e. The Morgan fingerprint density at radius 2 is 1.67 bits per heavy atom. The van der Waals surface area contributed by atoms with E-state index in [2.05, 4.69) is 0 Å². The molecule has 24 heavy (non-hydrogen) atoms. The minimum atomic E-state index is -3.55. The van der Waals surface area contributed by atoms with E-state index in [0.717, 1.165) is 0 Å². The number of carbonyl (C=O) groups is 1. The van der Waals surface area contributed by atoms with Gasteiger partial charge >= 0.3 is 6.16 Å². The third kappa shape index (κ3) is 4.78. The molecule has 0 saturated carbocycles. The molecular weight excluding hydrogens is 338 g/mol. The smallest absolute Gasteiger partial charge is 0.433 e. The van der Waals surface area contributed by atoms with Crippen molar-refractivity contribution >= 4 is 21.7 Å². The number of rotatable bonds is 6. The monoisotopic (exact) mass is 351 g/mol. The van der Waals surface area contributed by atoms with E-state index in [4.69, 9.17) is 9.47 Å². The Labute approximate surface area is 137 Å². The van der Waals surface area contributed by atoms with E-state index in [-0.39, 0.29) is 28.7 Å². The minimum Gasteiger partial charge on any atom is -0.433 e. The van der Waals surface area contributed by atoms with Crippen LogP contribution in [-0.2, 0) is 14.6 Å². The average molecular weight is 351 g/mol. The Hall–Kier alpha value is -2.94. The van der Waals surface area contributed by atoms with Gasteiger partial charge in [0.25, 0.3) is 5.69 Å². The highest BCUT2D eigenvalue weighted by atomic mass is 32.2. The number of nitro groups is 1. The van der Waals surface area contributed by atoms with Gasteiger partial charge in [-0.3, -0.25) is 10.1 Å². The Morgan fingerprint density at radius 1 is 1.04 bits per heavy atom. The summed E-state index contributed by atoms with van der Waals surface area (Å²) in [6, 6.07) is 12.6. The predicted molar refractivity (Wildman–Crippen MR) is 83.6 cm³/mol. The van der Waals surface area contributed by atoms with E-state index >= 15 is 0 Å². The molecule has 0 atom stereocenters. The summed E-state index contributed by atoms with van der Waals surface area (Å²) in [4.78, 5) is 21.5. The number of ether oxygens (including phenoxy) is 2. The van der Waals surface area contributed by atoms with Gasteiger partial charge in [-0.25, -0.2) is 13.2 Å². The van der Waals surface area contributed by atoms with Crippen molar-refractivity contribution in [3.8, 4) is 5.75 Å². The van der Waals surface area contributed by atoms with Crippen molar-refractivity contribution in [3.63, 3.8) is 0 Å². The molecule has 2 aromatic carbocycles. The zero-order valence-corrected chi connectivity index (χ0v) is 13.1. The number of sulfone groups is 1. The molecule has 0 aromatic heterocycles. The van der Waals surface area contributed by atoms with Gasteiger partial charge in [0.1, 0.15) is 12.4 Å². The molecule has 126 valence electrons. The van der Waals surface area contributed by atoms with Crippen LogP contribution < -0.4 is 4.74 Å². The summed E-state index contributed by atoms with van der Waals surface area (Å²) in [6.45, 7) is -0.372. The summed E-state index contributed by atoms with van der Waals surface area (Å²) >= 11 is 0. The van der Waals surface area contributed by atoms with Gasteiger partial charge in [0.2, 0.25) is 0 Å². The van der Waals surface area contributed by atoms with Gasteiger partial charge in [0, 0.05) is 12.1 Å². The summed E-state index contributed by atoms with van der Waals surface area (Å²) in [5, 5.41) is 10.5. The lowest BCUT2D eigenvalue weighted by Gasteiger charge is -2.07. The average Bonchev–Trinajstić information content (AvgIpc) is 2.56. The van der Waals surface area contributed by atoms with Crippen LogP contribution in [0.25, 0.3) is 0 Å². The van der Waals surface area contributed by atoms with Crippen LogP contribution in [-0.4, -0.2) is 31.9 Å². The Bertz CT molecular complexity index is 817. The van der Waals surface area contributed by atoms with Crippen molar-refractivity contribution in [2.75, 3.05) is 12.4 Å². The fourth-order valence-corrected chi connectivity index (χ4v) is 2.85. The number of non-ortho nitro benzene ring substituents is 1. The van der Waals surface area contributed by atoms with Crippen molar-refractivity contribution in [2.24, 2.45) is 0 Å². The molecule has 9 heteroatoms. The van der Waals surface area contributed by atoms with Gasteiger partial charge < -0.3 is 9.47 Å². The molecule has 0 unspecified atom stereocenters. The Kier molecular flexibility index (Phi) is 5.48. The molecule has 0 heterocycles. The molecule has 0 amide bonds. The molecule has 0 spiro atoms. The van der Waals surface area contributed by atoms with E-state index < -0.39 is 20.9 Å². The molecular formula is C15H13NO7S. The molecule has 0 aliphatic heterocycles. The first-order valence-corrected chi connectivity index (χ1v) is 8.40. The highest BCUT2D eigenvalue weighted by Gasteiger charge is 2.16. The highest BCUT2D eigenvalue weighted by molar-refractivity contribution is 7.91. The molecule has 0 saturated heterocycles. The van der Waals surface area contributed by atoms with Crippen molar-refractivity contribution < 1.29 is 27.6 Å². The molecule has 8 nitrogen and oxygen atoms in total. The van der Waals surface area contributed by atoms with Crippen LogP contribution >= 0.6 is 0 Å². The fraction of sp³-hybridized carbons (Fsp3) is 0.133. The Morgan fingerprint density at radius 3 is 2.25 bits per heavy atom. The van der Waals surface area contributed by atoms with Crippen molar-refractivity contribution in [1.29, 1.82) is 0 Å². The molecule has 2 rings (SSSR count). The van der Waals surface area contributed by atoms with Crippen molar-refractivity contribution in [1.82, 2.24) is 0 Å². The molecule has 2 aromatic rings. The zero-order chi connectivity index (χ0) is 17.6.